The van der Waals surface area contributed by atoms with Gasteiger partial charge in [0.15, 0.2) is 0 Å². The molecule has 1 amide bonds. The topological polar surface area (TPSA) is 64.6 Å². The monoisotopic (exact) mass is 289 g/mol. The zero-order valence-electron chi connectivity index (χ0n) is 10.5. The lowest BCUT2D eigenvalue weighted by Gasteiger charge is -2.10. The van der Waals surface area contributed by atoms with E-state index in [0.717, 1.165) is 12.1 Å². The molecular formula is C12H13ClFNO4. The predicted molar refractivity (Wildman–Crippen MR) is 68.0 cm³/mol. The zero-order valence-corrected chi connectivity index (χ0v) is 11.2. The number of esters is 1. The van der Waals surface area contributed by atoms with E-state index < -0.39 is 17.9 Å². The van der Waals surface area contributed by atoms with E-state index in [0.29, 0.717) is 0 Å². The molecule has 0 aliphatic rings. The Morgan fingerprint density at radius 2 is 1.89 bits per heavy atom. The summed E-state index contributed by atoms with van der Waals surface area (Å²) in [6.45, 7) is 3.55. The lowest BCUT2D eigenvalue weighted by Crippen LogP contribution is -2.15. The van der Waals surface area contributed by atoms with Gasteiger partial charge in [-0.1, -0.05) is 11.6 Å². The van der Waals surface area contributed by atoms with Gasteiger partial charge in [-0.05, 0) is 26.0 Å². The normalized spacial score (nSPS) is 9.89. The van der Waals surface area contributed by atoms with Crippen molar-refractivity contribution in [3.63, 3.8) is 0 Å². The molecule has 0 bridgehead atoms. The van der Waals surface area contributed by atoms with E-state index in [1.54, 1.807) is 13.8 Å². The van der Waals surface area contributed by atoms with Crippen molar-refractivity contribution in [3.8, 4) is 0 Å². The van der Waals surface area contributed by atoms with Crippen molar-refractivity contribution in [1.29, 1.82) is 0 Å². The minimum atomic E-state index is -0.821. The summed E-state index contributed by atoms with van der Waals surface area (Å²) in [4.78, 5) is 22.8. The van der Waals surface area contributed by atoms with Gasteiger partial charge in [0, 0.05) is 0 Å². The summed E-state index contributed by atoms with van der Waals surface area (Å²) in [7, 11) is 0. The van der Waals surface area contributed by atoms with Crippen molar-refractivity contribution in [2.45, 2.75) is 13.8 Å². The number of carbonyl (C=O) groups excluding carboxylic acids is 2. The van der Waals surface area contributed by atoms with Crippen LogP contribution >= 0.6 is 11.6 Å². The number of rotatable bonds is 4. The molecule has 0 saturated carbocycles. The molecule has 0 saturated heterocycles. The molecule has 7 heteroatoms. The quantitative estimate of drug-likeness (QED) is 0.864. The highest BCUT2D eigenvalue weighted by atomic mass is 35.5. The van der Waals surface area contributed by atoms with Crippen LogP contribution in [0.1, 0.15) is 24.2 Å². The van der Waals surface area contributed by atoms with Crippen LogP contribution in [0.2, 0.25) is 5.02 Å². The first kappa shape index (κ1) is 15.2. The molecule has 0 radical (unpaired) electrons. The van der Waals surface area contributed by atoms with Crippen LogP contribution in [0.5, 0.6) is 0 Å². The van der Waals surface area contributed by atoms with Crippen molar-refractivity contribution >= 4 is 29.4 Å². The minimum absolute atomic E-state index is 0.0308. The number of halogens is 2. The van der Waals surface area contributed by atoms with E-state index >= 15 is 0 Å². The van der Waals surface area contributed by atoms with Crippen LogP contribution in [0, 0.1) is 5.82 Å². The SMILES string of the molecule is CCOC(=O)Nc1cc(C(=O)OCC)c(Cl)cc1F. The number of amides is 1. The van der Waals surface area contributed by atoms with Gasteiger partial charge >= 0.3 is 12.1 Å². The maximum atomic E-state index is 13.6. The Hall–Kier alpha value is -1.82. The molecule has 1 rings (SSSR count). The van der Waals surface area contributed by atoms with Gasteiger partial charge in [0.25, 0.3) is 0 Å². The third-order valence-electron chi connectivity index (χ3n) is 2.06. The lowest BCUT2D eigenvalue weighted by atomic mass is 10.2. The van der Waals surface area contributed by atoms with Crippen LogP contribution in [0.4, 0.5) is 14.9 Å². The second-order valence-corrected chi connectivity index (χ2v) is 3.79. The fourth-order valence-corrected chi connectivity index (χ4v) is 1.51. The second kappa shape index (κ2) is 6.94. The summed E-state index contributed by atoms with van der Waals surface area (Å²) in [5.74, 6) is -1.47. The van der Waals surface area contributed by atoms with Crippen molar-refractivity contribution in [2.24, 2.45) is 0 Å². The van der Waals surface area contributed by atoms with E-state index in [1.807, 2.05) is 0 Å². The molecule has 1 aromatic carbocycles. The van der Waals surface area contributed by atoms with Crippen LogP contribution in [-0.2, 0) is 9.47 Å². The Balaban J connectivity index is 3.02. The predicted octanol–water partition coefficient (Wildman–Crippen LogP) is 3.22. The average molecular weight is 290 g/mol. The van der Waals surface area contributed by atoms with Crippen LogP contribution in [0.15, 0.2) is 12.1 Å². The van der Waals surface area contributed by atoms with Crippen LogP contribution in [0.3, 0.4) is 0 Å². The molecular weight excluding hydrogens is 277 g/mol. The van der Waals surface area contributed by atoms with Crippen molar-refractivity contribution in [2.75, 3.05) is 18.5 Å². The smallest absolute Gasteiger partial charge is 0.411 e. The van der Waals surface area contributed by atoms with Gasteiger partial charge in [-0.2, -0.15) is 0 Å². The first-order chi connectivity index (χ1) is 8.99. The molecule has 1 aromatic rings. The van der Waals surface area contributed by atoms with E-state index in [1.165, 1.54) is 0 Å². The minimum Gasteiger partial charge on any atom is -0.462 e. The highest BCUT2D eigenvalue weighted by Crippen LogP contribution is 2.25. The molecule has 0 unspecified atom stereocenters. The molecule has 19 heavy (non-hydrogen) atoms. The number of benzene rings is 1. The molecule has 0 heterocycles. The van der Waals surface area contributed by atoms with Crippen LogP contribution in [-0.4, -0.2) is 25.3 Å². The highest BCUT2D eigenvalue weighted by molar-refractivity contribution is 6.33. The number of hydrogen-bond donors (Lipinski definition) is 1. The standard InChI is InChI=1S/C12H13ClFNO4/c1-3-18-11(16)7-5-10(9(14)6-8(7)13)15-12(17)19-4-2/h5-6H,3-4H2,1-2H3,(H,15,17). The Morgan fingerprint density at radius 3 is 2.47 bits per heavy atom. The van der Waals surface area contributed by atoms with Crippen LogP contribution in [0.25, 0.3) is 0 Å². The zero-order chi connectivity index (χ0) is 14.4. The molecule has 5 nitrogen and oxygen atoms in total. The molecule has 104 valence electrons. The number of nitrogens with one attached hydrogen (secondary N) is 1. The molecule has 0 aliphatic carbocycles. The summed E-state index contributed by atoms with van der Waals surface area (Å²) in [5, 5.41) is 2.08. The number of anilines is 1. The first-order valence-corrected chi connectivity index (χ1v) is 5.97. The second-order valence-electron chi connectivity index (χ2n) is 3.38. The van der Waals surface area contributed by atoms with Gasteiger partial charge in [-0.25, -0.2) is 14.0 Å². The Bertz CT molecular complexity index is 493. The van der Waals surface area contributed by atoms with E-state index in [4.69, 9.17) is 16.3 Å². The Kier molecular flexibility index (Phi) is 5.57. The van der Waals surface area contributed by atoms with E-state index in [9.17, 15) is 14.0 Å². The Morgan fingerprint density at radius 1 is 1.26 bits per heavy atom. The third kappa shape index (κ3) is 4.10. The average Bonchev–Trinajstić information content (AvgIpc) is 2.33. The summed E-state index contributed by atoms with van der Waals surface area (Å²) >= 11 is 5.75. The molecule has 0 atom stereocenters. The van der Waals surface area contributed by atoms with Crippen LogP contribution < -0.4 is 5.32 Å². The van der Waals surface area contributed by atoms with E-state index in [2.05, 4.69) is 10.1 Å². The van der Waals surface area contributed by atoms with Crippen molar-refractivity contribution in [1.82, 2.24) is 0 Å². The largest absolute Gasteiger partial charge is 0.462 e. The number of ether oxygens (including phenoxy) is 2. The molecule has 1 N–H and O–H groups in total. The summed E-state index contributed by atoms with van der Waals surface area (Å²) < 4.78 is 23.0. The molecule has 0 aliphatic heterocycles. The maximum Gasteiger partial charge on any atom is 0.411 e. The first-order valence-electron chi connectivity index (χ1n) is 5.59. The highest BCUT2D eigenvalue weighted by Gasteiger charge is 2.17. The molecule has 0 fully saturated rings. The van der Waals surface area contributed by atoms with Crippen molar-refractivity contribution in [3.05, 3.63) is 28.5 Å². The Labute approximate surface area is 114 Å². The summed E-state index contributed by atoms with van der Waals surface area (Å²) in [5.41, 5.74) is -0.234. The summed E-state index contributed by atoms with van der Waals surface area (Å²) in [6, 6.07) is 2.03. The molecule has 0 aromatic heterocycles. The van der Waals surface area contributed by atoms with Gasteiger partial charge in [-0.3, -0.25) is 5.32 Å². The van der Waals surface area contributed by atoms with Gasteiger partial charge in [-0.15, -0.1) is 0 Å². The van der Waals surface area contributed by atoms with Gasteiger partial charge in [0.1, 0.15) is 5.82 Å². The van der Waals surface area contributed by atoms with E-state index in [-0.39, 0.29) is 29.5 Å². The van der Waals surface area contributed by atoms with Crippen molar-refractivity contribution < 1.29 is 23.5 Å². The fourth-order valence-electron chi connectivity index (χ4n) is 1.29. The fraction of sp³-hybridized carbons (Fsp3) is 0.333. The van der Waals surface area contributed by atoms with Gasteiger partial charge in [0.05, 0.1) is 29.5 Å². The molecule has 0 spiro atoms. The maximum absolute atomic E-state index is 13.6. The lowest BCUT2D eigenvalue weighted by molar-refractivity contribution is 0.0526. The van der Waals surface area contributed by atoms with Gasteiger partial charge < -0.3 is 9.47 Å². The number of carbonyl (C=O) groups is 2. The number of hydrogen-bond acceptors (Lipinski definition) is 4. The summed E-state index contributed by atoms with van der Waals surface area (Å²) in [6.07, 6.45) is -0.821. The third-order valence-corrected chi connectivity index (χ3v) is 2.38. The van der Waals surface area contributed by atoms with Gasteiger partial charge in [0.2, 0.25) is 0 Å².